The molecular weight excluding hydrogens is 387 g/mol. The zero-order chi connectivity index (χ0) is 20.6. The lowest BCUT2D eigenvalue weighted by atomic mass is 10.2. The van der Waals surface area contributed by atoms with E-state index < -0.39 is 0 Å². The van der Waals surface area contributed by atoms with Gasteiger partial charge in [-0.15, -0.1) is 23.4 Å². The van der Waals surface area contributed by atoms with Crippen LogP contribution in [-0.2, 0) is 4.79 Å². The first-order valence-corrected chi connectivity index (χ1v) is 10.0. The first-order chi connectivity index (χ1) is 14.1. The maximum Gasteiger partial charge on any atom is 0.233 e. The Kier molecular flexibility index (Phi) is 6.97. The van der Waals surface area contributed by atoms with Gasteiger partial charge in [0.15, 0.2) is 11.0 Å². The molecule has 0 saturated heterocycles. The lowest BCUT2D eigenvalue weighted by molar-refractivity contribution is -0.127. The summed E-state index contributed by atoms with van der Waals surface area (Å²) in [6, 6.07) is 15.7. The van der Waals surface area contributed by atoms with Gasteiger partial charge in [0.2, 0.25) is 5.91 Å². The summed E-state index contributed by atoms with van der Waals surface area (Å²) in [5.74, 6) is 0.431. The van der Waals surface area contributed by atoms with Gasteiger partial charge in [0.25, 0.3) is 0 Å². The van der Waals surface area contributed by atoms with Crippen molar-refractivity contribution < 1.29 is 9.18 Å². The van der Waals surface area contributed by atoms with Crippen LogP contribution in [0.2, 0.25) is 0 Å². The molecule has 0 bridgehead atoms. The van der Waals surface area contributed by atoms with Gasteiger partial charge >= 0.3 is 0 Å². The number of carbonyl (C=O) groups is 1. The maximum atomic E-state index is 13.3. The fraction of sp³-hybridized carbons (Fsp3) is 0.136. The van der Waals surface area contributed by atoms with Crippen molar-refractivity contribution in [2.45, 2.75) is 5.16 Å². The van der Waals surface area contributed by atoms with Crippen molar-refractivity contribution >= 4 is 17.7 Å². The molecule has 0 aliphatic rings. The van der Waals surface area contributed by atoms with Crippen LogP contribution in [0.3, 0.4) is 0 Å². The SMILES string of the molecule is C=CCN(CC=C)C(=O)CSc1nnc(-c2ccc(F)cc2)n1-c1ccccc1. The number of halogens is 1. The van der Waals surface area contributed by atoms with Crippen molar-refractivity contribution in [1.29, 1.82) is 0 Å². The van der Waals surface area contributed by atoms with Gasteiger partial charge in [0.1, 0.15) is 5.82 Å². The number of para-hydroxylation sites is 1. The molecule has 1 heterocycles. The molecule has 1 amide bonds. The largest absolute Gasteiger partial charge is 0.335 e. The van der Waals surface area contributed by atoms with Crippen LogP contribution in [0.25, 0.3) is 17.1 Å². The molecule has 3 aromatic rings. The number of rotatable bonds is 9. The quantitative estimate of drug-likeness (QED) is 0.390. The summed E-state index contributed by atoms with van der Waals surface area (Å²) in [6.07, 6.45) is 3.37. The molecule has 0 spiro atoms. The highest BCUT2D eigenvalue weighted by atomic mass is 32.2. The number of nitrogens with zero attached hydrogens (tertiary/aromatic N) is 4. The number of aromatic nitrogens is 3. The van der Waals surface area contributed by atoms with Crippen molar-refractivity contribution in [3.63, 3.8) is 0 Å². The maximum absolute atomic E-state index is 13.3. The normalized spacial score (nSPS) is 10.5. The van der Waals surface area contributed by atoms with Gasteiger partial charge in [-0.1, -0.05) is 42.1 Å². The minimum atomic E-state index is -0.316. The van der Waals surface area contributed by atoms with Crippen LogP contribution >= 0.6 is 11.8 Å². The summed E-state index contributed by atoms with van der Waals surface area (Å²) in [6.45, 7) is 8.30. The molecule has 0 fully saturated rings. The molecule has 148 valence electrons. The Morgan fingerprint density at radius 2 is 1.69 bits per heavy atom. The van der Waals surface area contributed by atoms with Gasteiger partial charge in [0.05, 0.1) is 5.75 Å². The van der Waals surface area contributed by atoms with E-state index in [-0.39, 0.29) is 17.5 Å². The number of amides is 1. The van der Waals surface area contributed by atoms with Crippen LogP contribution < -0.4 is 0 Å². The summed E-state index contributed by atoms with van der Waals surface area (Å²) < 4.78 is 15.2. The monoisotopic (exact) mass is 408 g/mol. The molecule has 0 aliphatic heterocycles. The van der Waals surface area contributed by atoms with Crippen molar-refractivity contribution in [3.8, 4) is 17.1 Å². The molecule has 3 rings (SSSR count). The predicted molar refractivity (Wildman–Crippen MR) is 114 cm³/mol. The van der Waals surface area contributed by atoms with E-state index in [1.807, 2.05) is 34.9 Å². The van der Waals surface area contributed by atoms with Gasteiger partial charge in [-0.25, -0.2) is 4.39 Å². The zero-order valence-corrected chi connectivity index (χ0v) is 16.7. The number of hydrogen-bond acceptors (Lipinski definition) is 4. The van der Waals surface area contributed by atoms with Crippen LogP contribution in [-0.4, -0.2) is 44.4 Å². The van der Waals surface area contributed by atoms with Crippen molar-refractivity contribution in [3.05, 3.63) is 85.7 Å². The van der Waals surface area contributed by atoms with Crippen molar-refractivity contribution in [1.82, 2.24) is 19.7 Å². The Bertz CT molecular complexity index is 976. The molecule has 0 unspecified atom stereocenters. The third-order valence-corrected chi connectivity index (χ3v) is 5.04. The van der Waals surface area contributed by atoms with Gasteiger partial charge in [-0.3, -0.25) is 9.36 Å². The number of carbonyl (C=O) groups excluding carboxylic acids is 1. The van der Waals surface area contributed by atoms with Crippen LogP contribution in [0, 0.1) is 5.82 Å². The summed E-state index contributed by atoms with van der Waals surface area (Å²) >= 11 is 1.30. The van der Waals surface area contributed by atoms with Crippen molar-refractivity contribution in [2.24, 2.45) is 0 Å². The predicted octanol–water partition coefficient (Wildman–Crippen LogP) is 4.37. The fourth-order valence-corrected chi connectivity index (χ4v) is 3.62. The summed E-state index contributed by atoms with van der Waals surface area (Å²) in [5, 5.41) is 9.17. The molecule has 29 heavy (non-hydrogen) atoms. The van der Waals surface area contributed by atoms with Crippen molar-refractivity contribution in [2.75, 3.05) is 18.8 Å². The molecule has 0 atom stereocenters. The average molecular weight is 409 g/mol. The van der Waals surface area contributed by atoms with E-state index in [1.54, 1.807) is 29.2 Å². The summed E-state index contributed by atoms with van der Waals surface area (Å²) in [7, 11) is 0. The molecule has 0 aliphatic carbocycles. The lowest BCUT2D eigenvalue weighted by Crippen LogP contribution is -2.32. The second-order valence-corrected chi connectivity index (χ2v) is 7.09. The Morgan fingerprint density at radius 3 is 2.31 bits per heavy atom. The van der Waals surface area contributed by atoms with Gasteiger partial charge in [0, 0.05) is 24.3 Å². The van der Waals surface area contributed by atoms with Crippen LogP contribution in [0.1, 0.15) is 0 Å². The van der Waals surface area contributed by atoms with E-state index in [4.69, 9.17) is 0 Å². The van der Waals surface area contributed by atoms with Gasteiger partial charge in [-0.05, 0) is 36.4 Å². The molecule has 0 saturated carbocycles. The molecule has 5 nitrogen and oxygen atoms in total. The zero-order valence-electron chi connectivity index (χ0n) is 15.9. The lowest BCUT2D eigenvalue weighted by Gasteiger charge is -2.19. The van der Waals surface area contributed by atoms with E-state index in [1.165, 1.54) is 23.9 Å². The Hall–Kier alpha value is -3.19. The Labute approximate surface area is 173 Å². The topological polar surface area (TPSA) is 51.0 Å². The molecule has 0 radical (unpaired) electrons. The summed E-state index contributed by atoms with van der Waals surface area (Å²) in [5.41, 5.74) is 1.60. The van der Waals surface area contributed by atoms with Crippen LogP contribution in [0.5, 0.6) is 0 Å². The smallest absolute Gasteiger partial charge is 0.233 e. The number of hydrogen-bond donors (Lipinski definition) is 0. The second-order valence-electron chi connectivity index (χ2n) is 6.15. The molecule has 1 aromatic heterocycles. The highest BCUT2D eigenvalue weighted by Gasteiger charge is 2.18. The average Bonchev–Trinajstić information content (AvgIpc) is 3.17. The minimum absolute atomic E-state index is 0.0410. The Balaban J connectivity index is 1.91. The van der Waals surface area contributed by atoms with E-state index in [0.29, 0.717) is 24.1 Å². The molecule has 0 N–H and O–H groups in total. The third kappa shape index (κ3) is 5.00. The highest BCUT2D eigenvalue weighted by molar-refractivity contribution is 7.99. The molecule has 7 heteroatoms. The van der Waals surface area contributed by atoms with Gasteiger partial charge < -0.3 is 4.90 Å². The first kappa shape index (κ1) is 20.5. The molecule has 2 aromatic carbocycles. The van der Waals surface area contributed by atoms with Crippen LogP contribution in [0.15, 0.2) is 85.1 Å². The third-order valence-electron chi connectivity index (χ3n) is 4.13. The van der Waals surface area contributed by atoms with E-state index >= 15 is 0 Å². The Morgan fingerprint density at radius 1 is 1.03 bits per heavy atom. The fourth-order valence-electron chi connectivity index (χ4n) is 2.77. The summed E-state index contributed by atoms with van der Waals surface area (Å²) in [4.78, 5) is 14.2. The highest BCUT2D eigenvalue weighted by Crippen LogP contribution is 2.28. The number of benzene rings is 2. The van der Waals surface area contributed by atoms with E-state index in [9.17, 15) is 9.18 Å². The minimum Gasteiger partial charge on any atom is -0.335 e. The van der Waals surface area contributed by atoms with Gasteiger partial charge in [-0.2, -0.15) is 0 Å². The number of thioether (sulfide) groups is 1. The van der Waals surface area contributed by atoms with E-state index in [0.717, 1.165) is 11.3 Å². The second kappa shape index (κ2) is 9.84. The molecular formula is C22H21FN4OS. The van der Waals surface area contributed by atoms with E-state index in [2.05, 4.69) is 23.4 Å². The first-order valence-electron chi connectivity index (χ1n) is 9.03. The van der Waals surface area contributed by atoms with Crippen LogP contribution in [0.4, 0.5) is 4.39 Å². The standard InChI is InChI=1S/C22H21FN4OS/c1-3-14-26(15-4-2)20(28)16-29-22-25-24-21(17-10-12-18(23)13-11-17)27(22)19-8-6-5-7-9-19/h3-13H,1-2,14-16H2.